The Bertz CT molecular complexity index is 186. The highest BCUT2D eigenvalue weighted by Gasteiger charge is 2.47. The van der Waals surface area contributed by atoms with E-state index >= 15 is 0 Å². The van der Waals surface area contributed by atoms with Crippen LogP contribution in [0.2, 0.25) is 24.7 Å². The lowest BCUT2D eigenvalue weighted by Crippen LogP contribution is -2.67. The molecule has 0 amide bonds. The van der Waals surface area contributed by atoms with E-state index in [1.165, 1.54) is 18.1 Å². The Morgan fingerprint density at radius 1 is 0.875 bits per heavy atom. The third kappa shape index (κ3) is 2.95. The molecule has 0 spiro atoms. The lowest BCUT2D eigenvalue weighted by atomic mass is 10.8. The monoisotopic (exact) mass is 263 g/mol. The Morgan fingerprint density at radius 2 is 1.25 bits per heavy atom. The summed E-state index contributed by atoms with van der Waals surface area (Å²) in [4.78, 5) is 0. The third-order valence-corrected chi connectivity index (χ3v) is 15.0. The molecule has 0 rings (SSSR count). The summed E-state index contributed by atoms with van der Waals surface area (Å²) in [5.74, 6) is 0. The van der Waals surface area contributed by atoms with Crippen molar-refractivity contribution in [1.29, 1.82) is 0 Å². The van der Waals surface area contributed by atoms with Crippen molar-refractivity contribution in [2.45, 2.75) is 52.4 Å². The van der Waals surface area contributed by atoms with Crippen LogP contribution in [0, 0.1) is 0 Å². The molecule has 0 aromatic carbocycles. The van der Waals surface area contributed by atoms with Crippen molar-refractivity contribution in [3.8, 4) is 0 Å². The van der Waals surface area contributed by atoms with Gasteiger partial charge in [0.1, 0.15) is 8.24 Å². The van der Waals surface area contributed by atoms with Crippen molar-refractivity contribution < 1.29 is 8.85 Å². The molecule has 0 fully saturated rings. The summed E-state index contributed by atoms with van der Waals surface area (Å²) in [6, 6.07) is 3.84. The SMILES string of the molecule is CCN([Si](CC)(CC)CC)[Si](C)(OC)OC. The summed E-state index contributed by atoms with van der Waals surface area (Å²) in [5, 5.41) is 0. The first-order chi connectivity index (χ1) is 7.50. The second kappa shape index (κ2) is 6.91. The topological polar surface area (TPSA) is 21.7 Å². The van der Waals surface area contributed by atoms with Crippen LogP contribution in [-0.4, -0.2) is 42.0 Å². The quantitative estimate of drug-likeness (QED) is 0.628. The molecule has 0 aromatic heterocycles. The van der Waals surface area contributed by atoms with Crippen molar-refractivity contribution in [1.82, 2.24) is 4.23 Å². The maximum absolute atomic E-state index is 5.73. The molecule has 0 radical (unpaired) electrons. The van der Waals surface area contributed by atoms with Crippen LogP contribution in [0.3, 0.4) is 0 Å². The molecule has 0 aliphatic carbocycles. The maximum Gasteiger partial charge on any atom is 0.417 e. The summed E-state index contributed by atoms with van der Waals surface area (Å²) >= 11 is 0. The van der Waals surface area contributed by atoms with Gasteiger partial charge in [-0.15, -0.1) is 0 Å². The van der Waals surface area contributed by atoms with Crippen molar-refractivity contribution in [2.75, 3.05) is 20.8 Å². The van der Waals surface area contributed by atoms with E-state index in [0.29, 0.717) is 0 Å². The Balaban J connectivity index is 5.21. The van der Waals surface area contributed by atoms with E-state index in [1.54, 1.807) is 14.2 Å². The number of hydrogen-bond donors (Lipinski definition) is 0. The van der Waals surface area contributed by atoms with Gasteiger partial charge in [0.2, 0.25) is 0 Å². The summed E-state index contributed by atoms with van der Waals surface area (Å²) in [7, 11) is 0.0712. The van der Waals surface area contributed by atoms with Gasteiger partial charge in [0, 0.05) is 14.2 Å². The fraction of sp³-hybridized carbons (Fsp3) is 1.00. The van der Waals surface area contributed by atoms with E-state index < -0.39 is 17.0 Å². The standard InChI is InChI=1S/C11H29NO2Si2/c1-8-12(15(7,13-5)14-6)16(9-2,10-3)11-4/h8-11H2,1-7H3. The highest BCUT2D eigenvalue weighted by molar-refractivity contribution is 6.87. The molecule has 0 saturated carbocycles. The fourth-order valence-electron chi connectivity index (χ4n) is 2.68. The van der Waals surface area contributed by atoms with Gasteiger partial charge in [0.05, 0.1) is 0 Å². The molecule has 0 aliphatic heterocycles. The Labute approximate surface area is 104 Å². The summed E-state index contributed by atoms with van der Waals surface area (Å²) in [6.45, 7) is 12.4. The van der Waals surface area contributed by atoms with Gasteiger partial charge in [0.15, 0.2) is 0 Å². The smallest absolute Gasteiger partial charge is 0.386 e. The Hall–Kier alpha value is 0.314. The average molecular weight is 264 g/mol. The first-order valence-corrected chi connectivity index (χ1v) is 11.2. The first-order valence-electron chi connectivity index (χ1n) is 6.38. The molecular formula is C11H29NO2Si2. The summed E-state index contributed by atoms with van der Waals surface area (Å²) in [5.41, 5.74) is 0. The van der Waals surface area contributed by atoms with Crippen LogP contribution in [-0.2, 0) is 8.85 Å². The van der Waals surface area contributed by atoms with Crippen LogP contribution in [0.25, 0.3) is 0 Å². The van der Waals surface area contributed by atoms with E-state index in [-0.39, 0.29) is 0 Å². The van der Waals surface area contributed by atoms with Gasteiger partial charge in [-0.2, -0.15) is 0 Å². The van der Waals surface area contributed by atoms with Crippen LogP contribution in [0.5, 0.6) is 0 Å². The van der Waals surface area contributed by atoms with Gasteiger partial charge in [-0.1, -0.05) is 27.7 Å². The lowest BCUT2D eigenvalue weighted by molar-refractivity contribution is 0.202. The molecule has 0 bridgehead atoms. The summed E-state index contributed by atoms with van der Waals surface area (Å²) < 4.78 is 14.1. The van der Waals surface area contributed by atoms with E-state index in [0.717, 1.165) is 6.54 Å². The molecule has 0 heterocycles. The zero-order valence-electron chi connectivity index (χ0n) is 12.1. The molecule has 5 heteroatoms. The molecule has 16 heavy (non-hydrogen) atoms. The molecule has 3 nitrogen and oxygen atoms in total. The first kappa shape index (κ1) is 16.3. The van der Waals surface area contributed by atoms with Gasteiger partial charge in [-0.3, -0.25) is 0 Å². The van der Waals surface area contributed by atoms with Crippen LogP contribution in [0.15, 0.2) is 0 Å². The van der Waals surface area contributed by atoms with Gasteiger partial charge in [-0.05, 0) is 31.2 Å². The Morgan fingerprint density at radius 3 is 1.44 bits per heavy atom. The van der Waals surface area contributed by atoms with Crippen molar-refractivity contribution >= 4 is 17.0 Å². The Kier molecular flexibility index (Phi) is 7.04. The maximum atomic E-state index is 5.73. The predicted molar refractivity (Wildman–Crippen MR) is 75.2 cm³/mol. The van der Waals surface area contributed by atoms with Crippen molar-refractivity contribution in [3.05, 3.63) is 0 Å². The van der Waals surface area contributed by atoms with E-state index in [2.05, 4.69) is 38.5 Å². The second-order valence-electron chi connectivity index (χ2n) is 4.34. The van der Waals surface area contributed by atoms with Crippen molar-refractivity contribution in [2.24, 2.45) is 0 Å². The number of hydrogen-bond acceptors (Lipinski definition) is 3. The highest BCUT2D eigenvalue weighted by atomic mass is 28.4. The van der Waals surface area contributed by atoms with Crippen LogP contribution in [0.4, 0.5) is 0 Å². The van der Waals surface area contributed by atoms with Crippen LogP contribution < -0.4 is 0 Å². The average Bonchev–Trinajstić information content (AvgIpc) is 2.35. The number of rotatable bonds is 8. The normalized spacial score (nSPS) is 13.5. The predicted octanol–water partition coefficient (Wildman–Crippen LogP) is 3.18. The summed E-state index contributed by atoms with van der Waals surface area (Å²) in [6.07, 6.45) is 0. The molecule has 0 aromatic rings. The van der Waals surface area contributed by atoms with E-state index in [4.69, 9.17) is 8.85 Å². The fourth-order valence-corrected chi connectivity index (χ4v) is 12.6. The second-order valence-corrected chi connectivity index (χ2v) is 13.0. The minimum Gasteiger partial charge on any atom is -0.386 e. The molecular weight excluding hydrogens is 234 g/mol. The van der Waals surface area contributed by atoms with Crippen LogP contribution in [0.1, 0.15) is 27.7 Å². The van der Waals surface area contributed by atoms with Gasteiger partial charge in [0.25, 0.3) is 0 Å². The van der Waals surface area contributed by atoms with Crippen molar-refractivity contribution in [3.63, 3.8) is 0 Å². The van der Waals surface area contributed by atoms with Crippen LogP contribution >= 0.6 is 0 Å². The minimum absolute atomic E-state index is 1.05. The van der Waals surface area contributed by atoms with Gasteiger partial charge >= 0.3 is 8.72 Å². The largest absolute Gasteiger partial charge is 0.417 e. The third-order valence-electron chi connectivity index (χ3n) is 4.11. The van der Waals surface area contributed by atoms with E-state index in [9.17, 15) is 0 Å². The highest BCUT2D eigenvalue weighted by Crippen LogP contribution is 2.30. The number of nitrogens with zero attached hydrogens (tertiary/aromatic N) is 1. The molecule has 0 N–H and O–H groups in total. The van der Waals surface area contributed by atoms with Gasteiger partial charge in [-0.25, -0.2) is 0 Å². The minimum atomic E-state index is -2.13. The van der Waals surface area contributed by atoms with E-state index in [1.807, 2.05) is 0 Å². The molecule has 0 aliphatic rings. The zero-order valence-corrected chi connectivity index (χ0v) is 14.1. The molecule has 98 valence electrons. The zero-order chi connectivity index (χ0) is 12.8. The molecule has 0 saturated heterocycles. The molecule has 0 atom stereocenters. The molecule has 0 unspecified atom stereocenters. The van der Waals surface area contributed by atoms with Gasteiger partial charge < -0.3 is 13.1 Å². The lowest BCUT2D eigenvalue weighted by Gasteiger charge is -2.47.